The van der Waals surface area contributed by atoms with Crippen LogP contribution in [0.2, 0.25) is 5.02 Å². The number of rotatable bonds is 11. The molecule has 0 aromatic heterocycles. The van der Waals surface area contributed by atoms with Crippen LogP contribution >= 0.6 is 11.6 Å². The average Bonchev–Trinajstić information content (AvgIpc) is 3.66. The summed E-state index contributed by atoms with van der Waals surface area (Å²) < 4.78 is 6.14. The second kappa shape index (κ2) is 11.1. The molecule has 2 atom stereocenters. The molecular weight excluding hydrogens is 480 g/mol. The van der Waals surface area contributed by atoms with Crippen LogP contribution in [0.3, 0.4) is 0 Å². The molecule has 1 fully saturated rings. The van der Waals surface area contributed by atoms with E-state index in [0.717, 1.165) is 58.2 Å². The van der Waals surface area contributed by atoms with Gasteiger partial charge in [0.2, 0.25) is 5.60 Å². The summed E-state index contributed by atoms with van der Waals surface area (Å²) in [4.78, 5) is 12.7. The molecule has 1 saturated heterocycles. The first-order valence-electron chi connectivity index (χ1n) is 13.2. The highest BCUT2D eigenvalue weighted by Gasteiger charge is 2.66. The van der Waals surface area contributed by atoms with Crippen LogP contribution < -0.4 is 0 Å². The third kappa shape index (κ3) is 5.44. The maximum absolute atomic E-state index is 12.7. The van der Waals surface area contributed by atoms with Crippen molar-refractivity contribution in [2.45, 2.75) is 63.6 Å². The Hall–Kier alpha value is -3.14. The number of epoxide rings is 1. The number of aryl methyl sites for hydroxylation is 3. The number of carbonyl (C=O) groups is 1. The summed E-state index contributed by atoms with van der Waals surface area (Å²) >= 11 is 5.97. The molecule has 1 N–H and O–H groups in total. The summed E-state index contributed by atoms with van der Waals surface area (Å²) in [6.45, 7) is 2.05. The van der Waals surface area contributed by atoms with E-state index in [4.69, 9.17) is 16.3 Å². The molecule has 0 unspecified atom stereocenters. The van der Waals surface area contributed by atoms with Crippen molar-refractivity contribution in [2.24, 2.45) is 0 Å². The topological polar surface area (TPSA) is 49.8 Å². The number of carboxylic acids is 1. The molecule has 4 aromatic rings. The molecule has 3 nitrogen and oxygen atoms in total. The number of ether oxygens (including phenoxy) is 1. The lowest BCUT2D eigenvalue weighted by atomic mass is 9.85. The van der Waals surface area contributed by atoms with Crippen LogP contribution in [-0.2, 0) is 28.0 Å². The molecule has 37 heavy (non-hydrogen) atoms. The van der Waals surface area contributed by atoms with Crippen LogP contribution in [0.5, 0.6) is 0 Å². The van der Waals surface area contributed by atoms with Gasteiger partial charge in [-0.25, -0.2) is 4.79 Å². The molecule has 0 aliphatic carbocycles. The van der Waals surface area contributed by atoms with Gasteiger partial charge in [-0.15, -0.1) is 0 Å². The van der Waals surface area contributed by atoms with Gasteiger partial charge in [0.1, 0.15) is 6.10 Å². The first-order chi connectivity index (χ1) is 18.0. The Labute approximate surface area is 224 Å². The van der Waals surface area contributed by atoms with E-state index in [1.165, 1.54) is 30.4 Å². The first kappa shape index (κ1) is 25.5. The van der Waals surface area contributed by atoms with Crippen LogP contribution in [0, 0.1) is 6.92 Å². The molecule has 4 aromatic carbocycles. The number of hydrogen-bond donors (Lipinski definition) is 1. The Morgan fingerprint density at radius 1 is 0.865 bits per heavy atom. The molecule has 1 aliphatic rings. The number of unbranched alkanes of at least 4 members (excludes halogenated alkanes) is 4. The fraction of sp³-hybridized carbons (Fsp3) is 0.303. The van der Waals surface area contributed by atoms with Gasteiger partial charge in [-0.1, -0.05) is 109 Å². The second-order valence-electron chi connectivity index (χ2n) is 10.2. The van der Waals surface area contributed by atoms with E-state index in [-0.39, 0.29) is 0 Å². The molecule has 0 saturated carbocycles. The van der Waals surface area contributed by atoms with Crippen molar-refractivity contribution >= 4 is 28.3 Å². The maximum Gasteiger partial charge on any atom is 0.343 e. The van der Waals surface area contributed by atoms with E-state index in [2.05, 4.69) is 37.3 Å². The number of benzene rings is 4. The smallest absolute Gasteiger partial charge is 0.343 e. The quantitative estimate of drug-likeness (QED) is 0.162. The van der Waals surface area contributed by atoms with Crippen LogP contribution in [0.25, 0.3) is 10.8 Å². The van der Waals surface area contributed by atoms with Gasteiger partial charge in [0.05, 0.1) is 0 Å². The van der Waals surface area contributed by atoms with E-state index in [0.29, 0.717) is 0 Å². The summed E-state index contributed by atoms with van der Waals surface area (Å²) in [5, 5.41) is 13.1. The molecule has 190 valence electrons. The molecule has 1 aliphatic heterocycles. The zero-order valence-electron chi connectivity index (χ0n) is 21.3. The minimum Gasteiger partial charge on any atom is -0.479 e. The largest absolute Gasteiger partial charge is 0.479 e. The van der Waals surface area contributed by atoms with E-state index in [1.54, 1.807) is 0 Å². The predicted octanol–water partition coefficient (Wildman–Crippen LogP) is 8.59. The van der Waals surface area contributed by atoms with Crippen molar-refractivity contribution in [2.75, 3.05) is 0 Å². The van der Waals surface area contributed by atoms with Crippen LogP contribution in [0.1, 0.15) is 66.0 Å². The van der Waals surface area contributed by atoms with Gasteiger partial charge in [-0.05, 0) is 72.2 Å². The lowest BCUT2D eigenvalue weighted by molar-refractivity contribution is -0.143. The van der Waals surface area contributed by atoms with Gasteiger partial charge in [-0.2, -0.15) is 0 Å². The minimum atomic E-state index is -1.34. The highest BCUT2D eigenvalue weighted by atomic mass is 35.5. The summed E-state index contributed by atoms with van der Waals surface area (Å²) in [7, 11) is 0. The average molecular weight is 513 g/mol. The van der Waals surface area contributed by atoms with Gasteiger partial charge in [0.25, 0.3) is 0 Å². The van der Waals surface area contributed by atoms with Gasteiger partial charge in [0.15, 0.2) is 0 Å². The fourth-order valence-corrected chi connectivity index (χ4v) is 5.60. The summed E-state index contributed by atoms with van der Waals surface area (Å²) in [5.74, 6) is -0.929. The van der Waals surface area contributed by atoms with Crippen molar-refractivity contribution in [3.05, 3.63) is 118 Å². The highest BCUT2D eigenvalue weighted by molar-refractivity contribution is 6.30. The van der Waals surface area contributed by atoms with Crippen molar-refractivity contribution < 1.29 is 14.6 Å². The number of hydrogen-bond acceptors (Lipinski definition) is 2. The molecular formula is C33H33ClO3. The van der Waals surface area contributed by atoms with E-state index >= 15 is 0 Å². The van der Waals surface area contributed by atoms with Crippen molar-refractivity contribution in [1.29, 1.82) is 0 Å². The summed E-state index contributed by atoms with van der Waals surface area (Å²) in [5.41, 5.74) is 4.06. The molecule has 0 spiro atoms. The number of fused-ring (bicyclic) bond motifs is 1. The number of aliphatic carboxylic acids is 1. The van der Waals surface area contributed by atoms with Crippen LogP contribution in [0.4, 0.5) is 0 Å². The standard InChI is InChI=1S/C33H33ClO3/c1-23-16-19-26(11-6-4-2-3-5-10-24-17-20-27(34)21-18-24)29(22-23)31-33(37-31,32(35)36)30-15-9-13-25-12-7-8-14-28(25)30/h7-9,12-22,31H,2-6,10-11H2,1H3,(H,35,36)/t31-,33+/m0/s1. The Balaban J connectivity index is 1.24. The normalized spacial score (nSPS) is 18.7. The van der Waals surface area contributed by atoms with Crippen LogP contribution in [0.15, 0.2) is 84.9 Å². The lowest BCUT2D eigenvalue weighted by Gasteiger charge is -2.14. The van der Waals surface area contributed by atoms with Gasteiger partial charge < -0.3 is 9.84 Å². The van der Waals surface area contributed by atoms with Gasteiger partial charge in [-0.3, -0.25) is 0 Å². The Morgan fingerprint density at radius 3 is 2.35 bits per heavy atom. The minimum absolute atomic E-state index is 0.481. The first-order valence-corrected chi connectivity index (χ1v) is 13.6. The Kier molecular flexibility index (Phi) is 7.64. The number of carboxylic acid groups (broad SMARTS) is 1. The molecule has 0 radical (unpaired) electrons. The Morgan fingerprint density at radius 2 is 1.57 bits per heavy atom. The van der Waals surface area contributed by atoms with Gasteiger partial charge >= 0.3 is 5.97 Å². The molecule has 0 amide bonds. The third-order valence-electron chi connectivity index (χ3n) is 7.53. The molecule has 5 rings (SSSR count). The second-order valence-corrected chi connectivity index (χ2v) is 10.6. The van der Waals surface area contributed by atoms with E-state index in [1.807, 2.05) is 54.6 Å². The van der Waals surface area contributed by atoms with Crippen molar-refractivity contribution in [3.8, 4) is 0 Å². The monoisotopic (exact) mass is 512 g/mol. The number of halogens is 1. The van der Waals surface area contributed by atoms with Gasteiger partial charge in [0, 0.05) is 10.6 Å². The van der Waals surface area contributed by atoms with Crippen molar-refractivity contribution in [3.63, 3.8) is 0 Å². The third-order valence-corrected chi connectivity index (χ3v) is 7.78. The predicted molar refractivity (Wildman–Crippen MR) is 150 cm³/mol. The molecule has 0 bridgehead atoms. The summed E-state index contributed by atoms with van der Waals surface area (Å²) in [6.07, 6.45) is 7.36. The van der Waals surface area contributed by atoms with E-state index < -0.39 is 17.7 Å². The molecule has 1 heterocycles. The zero-order valence-corrected chi connectivity index (χ0v) is 22.0. The van der Waals surface area contributed by atoms with E-state index in [9.17, 15) is 9.90 Å². The maximum atomic E-state index is 12.7. The summed E-state index contributed by atoms with van der Waals surface area (Å²) in [6, 6.07) is 28.3. The molecule has 4 heteroatoms. The van der Waals surface area contributed by atoms with Crippen LogP contribution in [-0.4, -0.2) is 11.1 Å². The van der Waals surface area contributed by atoms with Crippen molar-refractivity contribution in [1.82, 2.24) is 0 Å². The Bertz CT molecular complexity index is 1390. The highest BCUT2D eigenvalue weighted by Crippen LogP contribution is 2.59. The SMILES string of the molecule is Cc1ccc(CCCCCCCc2ccc(Cl)cc2)c([C@@H]2O[C@]2(C(=O)O)c2cccc3ccccc23)c1. The fourth-order valence-electron chi connectivity index (χ4n) is 5.48. The zero-order chi connectivity index (χ0) is 25.8. The lowest BCUT2D eigenvalue weighted by Crippen LogP contribution is -2.23.